The van der Waals surface area contributed by atoms with Crippen molar-refractivity contribution >= 4 is 10.0 Å². The van der Waals surface area contributed by atoms with E-state index >= 15 is 0 Å². The van der Waals surface area contributed by atoms with Gasteiger partial charge in [-0.1, -0.05) is 26.8 Å². The smallest absolute Gasteiger partial charge is 0.211 e. The predicted octanol–water partition coefficient (Wildman–Crippen LogP) is 2.96. The first-order valence-corrected chi connectivity index (χ1v) is 8.60. The second-order valence-electron chi connectivity index (χ2n) is 5.32. The van der Waals surface area contributed by atoms with Gasteiger partial charge in [0.25, 0.3) is 0 Å². The maximum Gasteiger partial charge on any atom is 0.211 e. The first-order chi connectivity index (χ1) is 9.30. The standard InChI is InChI=1S/C15H25NO3S/c1-6-7-20(17,18)16-10-13-9-14(11(2)3)15(19-5)8-12(13)4/h8-9,11,16H,6-7,10H2,1-5H3. The maximum atomic E-state index is 11.7. The van der Waals surface area contributed by atoms with Crippen LogP contribution in [0.3, 0.4) is 0 Å². The van der Waals surface area contributed by atoms with Crippen molar-refractivity contribution in [2.45, 2.75) is 46.6 Å². The van der Waals surface area contributed by atoms with E-state index in [1.165, 1.54) is 0 Å². The summed E-state index contributed by atoms with van der Waals surface area (Å²) in [6.45, 7) is 8.35. The molecule has 0 spiro atoms. The van der Waals surface area contributed by atoms with Crippen molar-refractivity contribution in [3.05, 3.63) is 28.8 Å². The van der Waals surface area contributed by atoms with Crippen molar-refractivity contribution in [2.75, 3.05) is 12.9 Å². The first-order valence-electron chi connectivity index (χ1n) is 6.95. The van der Waals surface area contributed by atoms with Crippen LogP contribution < -0.4 is 9.46 Å². The van der Waals surface area contributed by atoms with E-state index in [1.807, 2.05) is 26.0 Å². The molecule has 0 bridgehead atoms. The molecule has 0 saturated heterocycles. The number of methoxy groups -OCH3 is 1. The van der Waals surface area contributed by atoms with Crippen molar-refractivity contribution in [2.24, 2.45) is 0 Å². The third-order valence-electron chi connectivity index (χ3n) is 3.27. The van der Waals surface area contributed by atoms with Gasteiger partial charge in [0, 0.05) is 6.54 Å². The lowest BCUT2D eigenvalue weighted by Crippen LogP contribution is -2.26. The molecule has 0 aliphatic rings. The number of benzene rings is 1. The van der Waals surface area contributed by atoms with Crippen LogP contribution in [0.25, 0.3) is 0 Å². The Hall–Kier alpha value is -1.07. The van der Waals surface area contributed by atoms with E-state index < -0.39 is 10.0 Å². The van der Waals surface area contributed by atoms with E-state index in [0.29, 0.717) is 18.9 Å². The number of nitrogens with one attached hydrogen (secondary N) is 1. The normalized spacial score (nSPS) is 11.9. The lowest BCUT2D eigenvalue weighted by molar-refractivity contribution is 0.407. The highest BCUT2D eigenvalue weighted by molar-refractivity contribution is 7.89. The van der Waals surface area contributed by atoms with Gasteiger partial charge in [-0.25, -0.2) is 13.1 Å². The molecule has 0 unspecified atom stereocenters. The Balaban J connectivity index is 2.99. The molecule has 0 atom stereocenters. The fourth-order valence-corrected chi connectivity index (χ4v) is 3.15. The molecular formula is C15H25NO3S. The van der Waals surface area contributed by atoms with E-state index in [1.54, 1.807) is 7.11 Å². The van der Waals surface area contributed by atoms with Crippen LogP contribution in [0.5, 0.6) is 5.75 Å². The highest BCUT2D eigenvalue weighted by Gasteiger charge is 2.13. The van der Waals surface area contributed by atoms with Gasteiger partial charge in [-0.2, -0.15) is 0 Å². The Bertz CT molecular complexity index is 550. The summed E-state index contributed by atoms with van der Waals surface area (Å²) >= 11 is 0. The molecule has 1 aromatic rings. The van der Waals surface area contributed by atoms with Crippen molar-refractivity contribution in [3.8, 4) is 5.75 Å². The lowest BCUT2D eigenvalue weighted by atomic mass is 9.96. The third-order valence-corrected chi connectivity index (χ3v) is 4.80. The Kier molecular flexibility index (Phi) is 6.02. The van der Waals surface area contributed by atoms with E-state index in [0.717, 1.165) is 22.4 Å². The van der Waals surface area contributed by atoms with Crippen molar-refractivity contribution in [1.82, 2.24) is 4.72 Å². The molecule has 1 aromatic carbocycles. The molecule has 0 fully saturated rings. The van der Waals surface area contributed by atoms with E-state index in [9.17, 15) is 8.42 Å². The minimum Gasteiger partial charge on any atom is -0.496 e. The van der Waals surface area contributed by atoms with Gasteiger partial charge in [0.15, 0.2) is 0 Å². The number of hydrogen-bond donors (Lipinski definition) is 1. The van der Waals surface area contributed by atoms with Crippen LogP contribution in [-0.4, -0.2) is 21.3 Å². The molecule has 1 N–H and O–H groups in total. The number of rotatable bonds is 7. The van der Waals surface area contributed by atoms with Crippen LogP contribution in [0, 0.1) is 6.92 Å². The SMILES string of the molecule is CCCS(=O)(=O)NCc1cc(C(C)C)c(OC)cc1C. The Labute approximate surface area is 122 Å². The zero-order chi connectivity index (χ0) is 15.3. The predicted molar refractivity (Wildman–Crippen MR) is 82.7 cm³/mol. The highest BCUT2D eigenvalue weighted by atomic mass is 32.2. The molecule has 20 heavy (non-hydrogen) atoms. The van der Waals surface area contributed by atoms with Gasteiger partial charge in [-0.05, 0) is 42.0 Å². The minimum atomic E-state index is -3.18. The molecule has 114 valence electrons. The fraction of sp³-hybridized carbons (Fsp3) is 0.600. The van der Waals surface area contributed by atoms with Crippen molar-refractivity contribution < 1.29 is 13.2 Å². The van der Waals surface area contributed by atoms with Crippen LogP contribution in [0.4, 0.5) is 0 Å². The number of aryl methyl sites for hydroxylation is 1. The van der Waals surface area contributed by atoms with Gasteiger partial charge in [-0.3, -0.25) is 0 Å². The van der Waals surface area contributed by atoms with E-state index in [-0.39, 0.29) is 5.75 Å². The number of hydrogen-bond acceptors (Lipinski definition) is 3. The van der Waals surface area contributed by atoms with Crippen molar-refractivity contribution in [3.63, 3.8) is 0 Å². The molecule has 0 aliphatic heterocycles. The third kappa shape index (κ3) is 4.49. The molecule has 0 amide bonds. The second-order valence-corrected chi connectivity index (χ2v) is 7.24. The number of ether oxygens (including phenoxy) is 1. The molecule has 1 rings (SSSR count). The molecule has 0 aromatic heterocycles. The summed E-state index contributed by atoms with van der Waals surface area (Å²) in [5.74, 6) is 1.36. The summed E-state index contributed by atoms with van der Waals surface area (Å²) in [5, 5.41) is 0. The monoisotopic (exact) mass is 299 g/mol. The average Bonchev–Trinajstić information content (AvgIpc) is 2.36. The molecule has 5 heteroatoms. The molecular weight excluding hydrogens is 274 g/mol. The Morgan fingerprint density at radius 3 is 2.45 bits per heavy atom. The van der Waals surface area contributed by atoms with Gasteiger partial charge in [0.1, 0.15) is 5.75 Å². The topological polar surface area (TPSA) is 55.4 Å². The summed E-state index contributed by atoms with van der Waals surface area (Å²) < 4.78 is 31.5. The van der Waals surface area contributed by atoms with Crippen LogP contribution in [0.2, 0.25) is 0 Å². The van der Waals surface area contributed by atoms with Gasteiger partial charge in [0.2, 0.25) is 10.0 Å². The van der Waals surface area contributed by atoms with Crippen LogP contribution in [0.1, 0.15) is 49.8 Å². The van der Waals surface area contributed by atoms with Gasteiger partial charge >= 0.3 is 0 Å². The van der Waals surface area contributed by atoms with Gasteiger partial charge in [-0.15, -0.1) is 0 Å². The van der Waals surface area contributed by atoms with E-state index in [2.05, 4.69) is 18.6 Å². The largest absolute Gasteiger partial charge is 0.496 e. The maximum absolute atomic E-state index is 11.7. The summed E-state index contributed by atoms with van der Waals surface area (Å²) in [4.78, 5) is 0. The number of sulfonamides is 1. The summed E-state index contributed by atoms with van der Waals surface area (Å²) in [6.07, 6.45) is 0.619. The second kappa shape index (κ2) is 7.09. The van der Waals surface area contributed by atoms with Gasteiger partial charge < -0.3 is 4.74 Å². The first kappa shape index (κ1) is 17.0. The summed E-state index contributed by atoms with van der Waals surface area (Å²) in [7, 11) is -1.52. The molecule has 0 aliphatic carbocycles. The molecule has 0 saturated carbocycles. The highest BCUT2D eigenvalue weighted by Crippen LogP contribution is 2.29. The van der Waals surface area contributed by atoms with Crippen LogP contribution >= 0.6 is 0 Å². The molecule has 4 nitrogen and oxygen atoms in total. The average molecular weight is 299 g/mol. The van der Waals surface area contributed by atoms with Crippen LogP contribution in [0.15, 0.2) is 12.1 Å². The zero-order valence-electron chi connectivity index (χ0n) is 13.0. The Morgan fingerprint density at radius 2 is 1.95 bits per heavy atom. The van der Waals surface area contributed by atoms with Gasteiger partial charge in [0.05, 0.1) is 12.9 Å². The van der Waals surface area contributed by atoms with Crippen molar-refractivity contribution in [1.29, 1.82) is 0 Å². The quantitative estimate of drug-likeness (QED) is 0.842. The summed E-state index contributed by atoms with van der Waals surface area (Å²) in [6, 6.07) is 4.01. The Morgan fingerprint density at radius 1 is 1.30 bits per heavy atom. The zero-order valence-corrected chi connectivity index (χ0v) is 13.8. The summed E-state index contributed by atoms with van der Waals surface area (Å²) in [5.41, 5.74) is 3.13. The van der Waals surface area contributed by atoms with E-state index in [4.69, 9.17) is 4.74 Å². The molecule has 0 heterocycles. The lowest BCUT2D eigenvalue weighted by Gasteiger charge is -2.16. The minimum absolute atomic E-state index is 0.166. The van der Waals surface area contributed by atoms with Crippen LogP contribution in [-0.2, 0) is 16.6 Å². The fourth-order valence-electron chi connectivity index (χ4n) is 2.09. The molecule has 0 radical (unpaired) electrons.